The monoisotopic (exact) mass is 410 g/mol. The summed E-state index contributed by atoms with van der Waals surface area (Å²) in [6.45, 7) is -1.03. The summed E-state index contributed by atoms with van der Waals surface area (Å²) < 4.78 is 98.5. The highest BCUT2D eigenvalue weighted by Crippen LogP contribution is 2.84. The van der Waals surface area contributed by atoms with Crippen molar-refractivity contribution in [2.45, 2.75) is 43.5 Å². The lowest BCUT2D eigenvalue weighted by atomic mass is 9.31. The summed E-state index contributed by atoms with van der Waals surface area (Å²) in [5.74, 6) is -6.68. The van der Waals surface area contributed by atoms with E-state index < -0.39 is 71.5 Å². The molecule has 0 spiro atoms. The summed E-state index contributed by atoms with van der Waals surface area (Å²) in [6, 6.07) is 1.64. The molecule has 5 nitrogen and oxygen atoms in total. The summed E-state index contributed by atoms with van der Waals surface area (Å²) in [6.07, 6.45) is -6.38. The van der Waals surface area contributed by atoms with Crippen molar-refractivity contribution >= 4 is 0 Å². The minimum Gasteiger partial charge on any atom is -0.377 e. The number of tetrazole rings is 1. The van der Waals surface area contributed by atoms with Crippen LogP contribution in [0.1, 0.15) is 24.8 Å². The quantitative estimate of drug-likeness (QED) is 0.769. The number of aliphatic hydroxyl groups is 1. The number of rotatable bonds is 5. The molecule has 1 N–H and O–H groups in total. The van der Waals surface area contributed by atoms with Gasteiger partial charge in [0.15, 0.2) is 5.60 Å². The largest absolute Gasteiger partial charge is 0.394 e. The molecule has 152 valence electrons. The van der Waals surface area contributed by atoms with Crippen LogP contribution in [-0.2, 0) is 12.1 Å². The van der Waals surface area contributed by atoms with Gasteiger partial charge in [-0.05, 0) is 41.8 Å². The van der Waals surface area contributed by atoms with Gasteiger partial charge in [0.2, 0.25) is 0 Å². The van der Waals surface area contributed by atoms with Crippen molar-refractivity contribution in [3.8, 4) is 0 Å². The lowest BCUT2D eigenvalue weighted by Crippen LogP contribution is -2.77. The number of benzene rings is 1. The number of hydrogen-bond donors (Lipinski definition) is 1. The second kappa shape index (κ2) is 5.43. The van der Waals surface area contributed by atoms with Crippen LogP contribution < -0.4 is 0 Å². The van der Waals surface area contributed by atoms with Gasteiger partial charge in [-0.15, -0.1) is 5.10 Å². The van der Waals surface area contributed by atoms with Crippen molar-refractivity contribution in [1.29, 1.82) is 0 Å². The van der Waals surface area contributed by atoms with Crippen LogP contribution >= 0.6 is 0 Å². The summed E-state index contributed by atoms with van der Waals surface area (Å²) in [4.78, 5) is 0. The average Bonchev–Trinajstić information content (AvgIpc) is 2.94. The van der Waals surface area contributed by atoms with Crippen molar-refractivity contribution in [2.24, 2.45) is 10.8 Å². The zero-order chi connectivity index (χ0) is 20.6. The Morgan fingerprint density at radius 3 is 2.18 bits per heavy atom. The third kappa shape index (κ3) is 2.26. The van der Waals surface area contributed by atoms with Gasteiger partial charge in [-0.2, -0.15) is 13.2 Å². The summed E-state index contributed by atoms with van der Waals surface area (Å²) in [5.41, 5.74) is -8.59. The summed E-state index contributed by atoms with van der Waals surface area (Å²) >= 11 is 0. The standard InChI is InChI=1S/C16H13F7N4O/c17-9-1-2-10(11(18)3-9)14(28,7-27-8-24-25-26-27)15(19,20)12-4-13(5-12,6-12)16(21,22)23/h1-3,8,28H,4-7H2/t12?,13?,14-/m0/s1. The van der Waals surface area contributed by atoms with Crippen LogP contribution in [0.25, 0.3) is 0 Å². The first-order chi connectivity index (χ1) is 12.9. The van der Waals surface area contributed by atoms with E-state index >= 15 is 8.78 Å². The Morgan fingerprint density at radius 2 is 1.68 bits per heavy atom. The second-order valence-electron chi connectivity index (χ2n) is 7.65. The molecule has 0 unspecified atom stereocenters. The molecule has 3 aliphatic carbocycles. The first-order valence-corrected chi connectivity index (χ1v) is 8.19. The highest BCUT2D eigenvalue weighted by atomic mass is 19.4. The molecule has 2 aromatic rings. The molecule has 3 fully saturated rings. The molecular weight excluding hydrogens is 397 g/mol. The Balaban J connectivity index is 1.76. The molecule has 3 saturated carbocycles. The highest BCUT2D eigenvalue weighted by molar-refractivity contribution is 5.34. The molecule has 0 radical (unpaired) electrons. The number of hydrogen-bond acceptors (Lipinski definition) is 4. The second-order valence-corrected chi connectivity index (χ2v) is 7.65. The predicted molar refractivity (Wildman–Crippen MR) is 77.8 cm³/mol. The Bertz CT molecular complexity index is 894. The van der Waals surface area contributed by atoms with Crippen LogP contribution in [0.15, 0.2) is 24.5 Å². The first-order valence-electron chi connectivity index (χ1n) is 8.19. The van der Waals surface area contributed by atoms with E-state index in [-0.39, 0.29) is 0 Å². The van der Waals surface area contributed by atoms with Gasteiger partial charge < -0.3 is 5.11 Å². The number of alkyl halides is 5. The van der Waals surface area contributed by atoms with E-state index in [1.165, 1.54) is 0 Å². The Labute approximate surface area is 153 Å². The smallest absolute Gasteiger partial charge is 0.377 e. The van der Waals surface area contributed by atoms with E-state index in [4.69, 9.17) is 0 Å². The van der Waals surface area contributed by atoms with Crippen LogP contribution in [0, 0.1) is 22.5 Å². The SMILES string of the molecule is O[C@@](Cn1cnnn1)(c1ccc(F)cc1F)C(F)(F)C12CC(C(F)(F)F)(C1)C2. The topological polar surface area (TPSA) is 63.8 Å². The molecule has 12 heteroatoms. The molecule has 28 heavy (non-hydrogen) atoms. The fourth-order valence-corrected chi connectivity index (χ4v) is 4.53. The Hall–Kier alpha value is -2.24. The molecule has 1 atom stereocenters. The molecule has 3 aliphatic rings. The maximum atomic E-state index is 15.5. The molecule has 0 amide bonds. The van der Waals surface area contributed by atoms with E-state index in [1.54, 1.807) is 0 Å². The van der Waals surface area contributed by atoms with Gasteiger partial charge in [0, 0.05) is 17.0 Å². The maximum absolute atomic E-state index is 15.5. The van der Waals surface area contributed by atoms with Crippen molar-refractivity contribution in [3.63, 3.8) is 0 Å². The normalized spacial score (nSPS) is 29.0. The third-order valence-corrected chi connectivity index (χ3v) is 5.98. The lowest BCUT2D eigenvalue weighted by Gasteiger charge is -2.73. The zero-order valence-electron chi connectivity index (χ0n) is 14.0. The van der Waals surface area contributed by atoms with Crippen molar-refractivity contribution in [3.05, 3.63) is 41.7 Å². The lowest BCUT2D eigenvalue weighted by molar-refractivity contribution is -0.432. The molecule has 0 saturated heterocycles. The van der Waals surface area contributed by atoms with E-state index in [0.29, 0.717) is 22.9 Å². The van der Waals surface area contributed by atoms with Crippen LogP contribution in [-0.4, -0.2) is 37.4 Å². The highest BCUT2D eigenvalue weighted by Gasteiger charge is 2.87. The molecule has 1 aromatic carbocycles. The predicted octanol–water partition coefficient (Wildman–Crippen LogP) is 3.21. The number of halogens is 7. The van der Waals surface area contributed by atoms with Crippen LogP contribution in [0.4, 0.5) is 30.7 Å². The average molecular weight is 410 g/mol. The first kappa shape index (κ1) is 19.1. The number of aromatic nitrogens is 4. The van der Waals surface area contributed by atoms with Gasteiger partial charge in [-0.25, -0.2) is 22.2 Å². The molecule has 2 bridgehead atoms. The van der Waals surface area contributed by atoms with E-state index in [2.05, 4.69) is 15.5 Å². The van der Waals surface area contributed by atoms with E-state index in [9.17, 15) is 27.1 Å². The van der Waals surface area contributed by atoms with Gasteiger partial charge in [-0.1, -0.05) is 0 Å². The summed E-state index contributed by atoms with van der Waals surface area (Å²) in [5, 5.41) is 20.8. The van der Waals surface area contributed by atoms with E-state index in [0.717, 1.165) is 6.33 Å². The third-order valence-electron chi connectivity index (χ3n) is 5.98. The van der Waals surface area contributed by atoms with Crippen LogP contribution in [0.2, 0.25) is 0 Å². The Kier molecular flexibility index (Phi) is 3.70. The van der Waals surface area contributed by atoms with Crippen molar-refractivity contribution in [1.82, 2.24) is 20.2 Å². The van der Waals surface area contributed by atoms with Crippen molar-refractivity contribution in [2.75, 3.05) is 0 Å². The van der Waals surface area contributed by atoms with Gasteiger partial charge in [0.05, 0.1) is 12.0 Å². The molecular formula is C16H13F7N4O. The van der Waals surface area contributed by atoms with Gasteiger partial charge in [-0.3, -0.25) is 0 Å². The summed E-state index contributed by atoms with van der Waals surface area (Å²) in [7, 11) is 0. The Morgan fingerprint density at radius 1 is 1.04 bits per heavy atom. The molecule has 0 aliphatic heterocycles. The van der Waals surface area contributed by atoms with Gasteiger partial charge in [0.1, 0.15) is 18.0 Å². The van der Waals surface area contributed by atoms with Crippen LogP contribution in [0.5, 0.6) is 0 Å². The zero-order valence-corrected chi connectivity index (χ0v) is 14.0. The fraction of sp³-hybridized carbons (Fsp3) is 0.562. The minimum absolute atomic E-state index is 0.315. The van der Waals surface area contributed by atoms with Crippen molar-refractivity contribution < 1.29 is 35.8 Å². The molecule has 5 rings (SSSR count). The number of nitrogens with zero attached hydrogens (tertiary/aromatic N) is 4. The van der Waals surface area contributed by atoms with Gasteiger partial charge in [0.25, 0.3) is 5.92 Å². The maximum Gasteiger partial charge on any atom is 0.394 e. The minimum atomic E-state index is -4.64. The molecule has 1 aromatic heterocycles. The molecule has 1 heterocycles. The van der Waals surface area contributed by atoms with Gasteiger partial charge >= 0.3 is 6.18 Å². The van der Waals surface area contributed by atoms with E-state index in [1.807, 2.05) is 0 Å². The van der Waals surface area contributed by atoms with Crippen LogP contribution in [0.3, 0.4) is 0 Å². The fourth-order valence-electron chi connectivity index (χ4n) is 4.53.